The zero-order chi connectivity index (χ0) is 12.6. The molecule has 0 N–H and O–H groups in total. The van der Waals surface area contributed by atoms with Crippen LogP contribution >= 0.6 is 0 Å². The lowest BCUT2D eigenvalue weighted by molar-refractivity contribution is -0.315. The number of rotatable bonds is 1. The van der Waals surface area contributed by atoms with Crippen molar-refractivity contribution in [3.63, 3.8) is 0 Å². The van der Waals surface area contributed by atoms with E-state index in [4.69, 9.17) is 0 Å². The zero-order valence-electron chi connectivity index (χ0n) is 10.6. The number of hydrogen-bond donors (Lipinski definition) is 0. The predicted octanol–water partition coefficient (Wildman–Crippen LogP) is 1.13. The van der Waals surface area contributed by atoms with Crippen LogP contribution in [0.4, 0.5) is 0 Å². The van der Waals surface area contributed by atoms with Crippen LogP contribution in [0.5, 0.6) is 0 Å². The number of hydrogen-bond acceptors (Lipinski definition) is 3. The molecule has 0 aromatic carbocycles. The van der Waals surface area contributed by atoms with Crippen LogP contribution in [0.2, 0.25) is 0 Å². The van der Waals surface area contributed by atoms with Crippen LogP contribution in [-0.2, 0) is 10.0 Å². The third-order valence-corrected chi connectivity index (χ3v) is 3.64. The highest BCUT2D eigenvalue weighted by Crippen LogP contribution is 2.36. The van der Waals surface area contributed by atoms with E-state index in [9.17, 15) is 15.1 Å². The molecule has 1 aliphatic rings. The van der Waals surface area contributed by atoms with Crippen LogP contribution in [-0.4, -0.2) is 22.1 Å². The van der Waals surface area contributed by atoms with Crippen LogP contribution in [0.15, 0.2) is 0 Å². The first-order valence-corrected chi connectivity index (χ1v) is 5.85. The summed E-state index contributed by atoms with van der Waals surface area (Å²) in [5, 5.41) is 24.2. The second kappa shape index (κ2) is 4.34. The van der Waals surface area contributed by atoms with Crippen molar-refractivity contribution in [2.24, 2.45) is 5.92 Å². The van der Waals surface area contributed by atoms with Crippen LogP contribution in [0.25, 0.3) is 0 Å². The minimum atomic E-state index is -0.981. The van der Waals surface area contributed by atoms with E-state index < -0.39 is 23.0 Å². The van der Waals surface area contributed by atoms with Crippen molar-refractivity contribution in [3.8, 4) is 0 Å². The molecular formula is C12H21NO3-. The molecule has 1 aliphatic heterocycles. The molecule has 0 aromatic rings. The Bertz CT molecular complexity index is 253. The lowest BCUT2D eigenvalue weighted by Crippen LogP contribution is -2.54. The van der Waals surface area contributed by atoms with Crippen molar-refractivity contribution in [3.05, 3.63) is 0 Å². The maximum absolute atomic E-state index is 12.2. The minimum Gasteiger partial charge on any atom is -0.550 e. The summed E-state index contributed by atoms with van der Waals surface area (Å²) < 4.78 is 0. The quantitative estimate of drug-likeness (QED) is 0.674. The molecule has 0 aromatic heterocycles. The number of carbonyl (C=O) groups excluding carboxylic acids is 1. The summed E-state index contributed by atoms with van der Waals surface area (Å²) in [5.41, 5.74) is -1.00. The van der Waals surface area contributed by atoms with Crippen molar-refractivity contribution < 1.29 is 15.1 Å². The fourth-order valence-electron chi connectivity index (χ4n) is 2.46. The lowest BCUT2D eigenvalue weighted by Gasteiger charge is -2.45. The summed E-state index contributed by atoms with van der Waals surface area (Å²) >= 11 is 0. The standard InChI is InChI=1S/C12H22NO3/c1-11(2)7-5-9(10(14)15)6-8-12(3,4)13(11)16/h9H,5-8H2,1-4H3,(H,14,15)/p-1. The second-order valence-corrected chi connectivity index (χ2v) is 6.01. The normalized spacial score (nSPS) is 27.1. The number of aliphatic carboxylic acids is 1. The molecular weight excluding hydrogens is 206 g/mol. The van der Waals surface area contributed by atoms with Gasteiger partial charge in [-0.3, -0.25) is 0 Å². The topological polar surface area (TPSA) is 63.3 Å². The van der Waals surface area contributed by atoms with Gasteiger partial charge in [0.05, 0.1) is 0 Å². The molecule has 0 atom stereocenters. The Labute approximate surface area is 97.2 Å². The summed E-state index contributed by atoms with van der Waals surface area (Å²) in [6.07, 6.45) is 2.26. The highest BCUT2D eigenvalue weighted by molar-refractivity contribution is 5.67. The Hall–Kier alpha value is -0.610. The van der Waals surface area contributed by atoms with Gasteiger partial charge < -0.3 is 9.90 Å². The Morgan fingerprint density at radius 2 is 1.50 bits per heavy atom. The number of carboxylic acids is 1. The van der Waals surface area contributed by atoms with Crippen molar-refractivity contribution in [2.45, 2.75) is 64.5 Å². The van der Waals surface area contributed by atoms with Gasteiger partial charge >= 0.3 is 0 Å². The van der Waals surface area contributed by atoms with Crippen LogP contribution in [0, 0.1) is 5.92 Å². The third kappa shape index (κ3) is 2.74. The van der Waals surface area contributed by atoms with Gasteiger partial charge in [-0.05, 0) is 59.3 Å². The van der Waals surface area contributed by atoms with Crippen molar-refractivity contribution >= 4 is 5.97 Å². The number of nitrogens with zero attached hydrogens (tertiary/aromatic N) is 1. The molecule has 1 radical (unpaired) electrons. The van der Waals surface area contributed by atoms with Crippen LogP contribution in [0.3, 0.4) is 0 Å². The summed E-state index contributed by atoms with van der Waals surface area (Å²) in [7, 11) is 0. The summed E-state index contributed by atoms with van der Waals surface area (Å²) in [6, 6.07) is 0. The summed E-state index contributed by atoms with van der Waals surface area (Å²) in [6.45, 7) is 7.50. The molecule has 0 saturated carbocycles. The molecule has 0 bridgehead atoms. The predicted molar refractivity (Wildman–Crippen MR) is 57.6 cm³/mol. The van der Waals surface area contributed by atoms with E-state index in [2.05, 4.69) is 0 Å². The molecule has 93 valence electrons. The van der Waals surface area contributed by atoms with Gasteiger partial charge in [0.25, 0.3) is 0 Å². The van der Waals surface area contributed by atoms with E-state index in [1.165, 1.54) is 0 Å². The molecule has 16 heavy (non-hydrogen) atoms. The smallest absolute Gasteiger partial charge is 0.0445 e. The van der Waals surface area contributed by atoms with E-state index in [1.807, 2.05) is 27.7 Å². The average molecular weight is 227 g/mol. The fraction of sp³-hybridized carbons (Fsp3) is 0.917. The van der Waals surface area contributed by atoms with Gasteiger partial charge in [-0.1, -0.05) is 0 Å². The molecule has 4 heteroatoms. The van der Waals surface area contributed by atoms with Crippen LogP contribution in [0.1, 0.15) is 53.4 Å². The zero-order valence-corrected chi connectivity index (χ0v) is 10.6. The van der Waals surface area contributed by atoms with E-state index >= 15 is 0 Å². The maximum Gasteiger partial charge on any atom is 0.0445 e. The minimum absolute atomic E-state index is 0.410. The van der Waals surface area contributed by atoms with Crippen molar-refractivity contribution in [1.29, 1.82) is 0 Å². The van der Waals surface area contributed by atoms with Gasteiger partial charge in [0.15, 0.2) is 0 Å². The molecule has 0 unspecified atom stereocenters. The monoisotopic (exact) mass is 227 g/mol. The molecule has 1 rings (SSSR count). The average Bonchev–Trinajstić information content (AvgIpc) is 2.14. The van der Waals surface area contributed by atoms with E-state index in [0.717, 1.165) is 5.06 Å². The molecule has 1 saturated heterocycles. The molecule has 0 spiro atoms. The largest absolute Gasteiger partial charge is 0.550 e. The van der Waals surface area contributed by atoms with Crippen molar-refractivity contribution in [1.82, 2.24) is 5.06 Å². The number of hydroxylamine groups is 2. The van der Waals surface area contributed by atoms with Gasteiger partial charge in [-0.25, -0.2) is 0 Å². The Kier molecular flexibility index (Phi) is 3.65. The number of carbonyl (C=O) groups is 1. The molecule has 0 amide bonds. The highest BCUT2D eigenvalue weighted by Gasteiger charge is 2.40. The van der Waals surface area contributed by atoms with Gasteiger partial charge in [0, 0.05) is 17.0 Å². The molecule has 1 fully saturated rings. The first-order chi connectivity index (χ1) is 7.17. The first kappa shape index (κ1) is 13.5. The van der Waals surface area contributed by atoms with Gasteiger partial charge in [0.1, 0.15) is 0 Å². The van der Waals surface area contributed by atoms with Gasteiger partial charge in [0.2, 0.25) is 0 Å². The molecule has 0 aliphatic carbocycles. The Morgan fingerprint density at radius 1 is 1.12 bits per heavy atom. The molecule has 4 nitrogen and oxygen atoms in total. The fourth-order valence-corrected chi connectivity index (χ4v) is 2.46. The first-order valence-electron chi connectivity index (χ1n) is 5.85. The SMILES string of the molecule is CC1(C)CCC(C(=O)[O-])CCC(C)(C)N1[O]. The maximum atomic E-state index is 12.2. The molecule has 1 heterocycles. The van der Waals surface area contributed by atoms with E-state index in [-0.39, 0.29) is 0 Å². The summed E-state index contributed by atoms with van der Waals surface area (Å²) in [4.78, 5) is 10.9. The lowest BCUT2D eigenvalue weighted by atomic mass is 9.80. The third-order valence-electron chi connectivity index (χ3n) is 3.64. The van der Waals surface area contributed by atoms with E-state index in [0.29, 0.717) is 25.7 Å². The second-order valence-electron chi connectivity index (χ2n) is 6.01. The summed E-state index contributed by atoms with van der Waals surface area (Å²) in [5.74, 6) is -1.39. The van der Waals surface area contributed by atoms with E-state index in [1.54, 1.807) is 0 Å². The van der Waals surface area contributed by atoms with Crippen LogP contribution < -0.4 is 5.11 Å². The van der Waals surface area contributed by atoms with Gasteiger partial charge in [-0.2, -0.15) is 0 Å². The Morgan fingerprint density at radius 3 is 1.81 bits per heavy atom. The highest BCUT2D eigenvalue weighted by atomic mass is 16.5. The number of carboxylic acid groups (broad SMARTS) is 1. The van der Waals surface area contributed by atoms with Gasteiger partial charge in [-0.15, -0.1) is 10.3 Å². The van der Waals surface area contributed by atoms with Crippen molar-refractivity contribution in [2.75, 3.05) is 0 Å². The Balaban J connectivity index is 2.86.